The standard InChI is InChI=1S/3C16H33.Al/c3*1-3-5-7-9-11-13-15-16-14-12-10-8-6-4-2;/h3*1,3-16H2,2H3;/q3*-1;+3. The Bertz CT molecular complexity index is 351. The summed E-state index contributed by atoms with van der Waals surface area (Å²) in [6.45, 7) is 18.5. The van der Waals surface area contributed by atoms with Gasteiger partial charge in [0.05, 0.1) is 0 Å². The third-order valence-electron chi connectivity index (χ3n) is 10.1. The van der Waals surface area contributed by atoms with Crippen molar-refractivity contribution >= 4 is 17.4 Å². The van der Waals surface area contributed by atoms with E-state index in [1.165, 1.54) is 250 Å². The Balaban J connectivity index is -0.000000307. The molecule has 1 heteroatoms. The first kappa shape index (κ1) is 56.3. The molecule has 0 atom stereocenters. The smallest absolute Gasteiger partial charge is 0.343 e. The Morgan fingerprint density at radius 3 is 0.388 bits per heavy atom. The monoisotopic (exact) mass is 703 g/mol. The number of hydrogen-bond acceptors (Lipinski definition) is 0. The predicted molar refractivity (Wildman–Crippen MR) is 233 cm³/mol. The molecule has 0 amide bonds. The topological polar surface area (TPSA) is 0 Å². The van der Waals surface area contributed by atoms with Crippen molar-refractivity contribution in [2.24, 2.45) is 0 Å². The molecule has 49 heavy (non-hydrogen) atoms. The van der Waals surface area contributed by atoms with Gasteiger partial charge in [-0.1, -0.05) is 271 Å². The minimum atomic E-state index is 0. The van der Waals surface area contributed by atoms with E-state index in [1.54, 1.807) is 0 Å². The summed E-state index contributed by atoms with van der Waals surface area (Å²) < 4.78 is 0. The second kappa shape index (κ2) is 60.6. The molecule has 0 bridgehead atoms. The Labute approximate surface area is 327 Å². The molecule has 0 aromatic carbocycles. The van der Waals surface area contributed by atoms with E-state index in [0.29, 0.717) is 0 Å². The van der Waals surface area contributed by atoms with Crippen molar-refractivity contribution < 1.29 is 0 Å². The molecule has 0 aliphatic heterocycles. The average molecular weight is 703 g/mol. The van der Waals surface area contributed by atoms with Gasteiger partial charge in [0.15, 0.2) is 0 Å². The van der Waals surface area contributed by atoms with E-state index in [1.807, 2.05) is 0 Å². The fraction of sp³-hybridized carbons (Fsp3) is 0.938. The molecule has 0 aliphatic rings. The summed E-state index contributed by atoms with van der Waals surface area (Å²) in [5.41, 5.74) is 0. The third-order valence-corrected chi connectivity index (χ3v) is 10.1. The molecule has 0 aliphatic carbocycles. The van der Waals surface area contributed by atoms with E-state index >= 15 is 0 Å². The van der Waals surface area contributed by atoms with Crippen LogP contribution in [0.25, 0.3) is 0 Å². The molecule has 0 fully saturated rings. The van der Waals surface area contributed by atoms with Crippen molar-refractivity contribution in [2.75, 3.05) is 0 Å². The number of rotatable bonds is 39. The second-order valence-corrected chi connectivity index (χ2v) is 15.3. The molecule has 0 nitrogen and oxygen atoms in total. The van der Waals surface area contributed by atoms with Crippen LogP contribution in [0.15, 0.2) is 0 Å². The van der Waals surface area contributed by atoms with Gasteiger partial charge in [-0.2, -0.15) is 19.3 Å². The van der Waals surface area contributed by atoms with Gasteiger partial charge >= 0.3 is 17.4 Å². The van der Waals surface area contributed by atoms with Gasteiger partial charge in [0.2, 0.25) is 0 Å². The van der Waals surface area contributed by atoms with Crippen LogP contribution in [0.1, 0.15) is 290 Å². The summed E-state index contributed by atoms with van der Waals surface area (Å²) in [7, 11) is 0. The largest absolute Gasteiger partial charge is 3.00 e. The van der Waals surface area contributed by atoms with Gasteiger partial charge in [0.25, 0.3) is 0 Å². The summed E-state index contributed by atoms with van der Waals surface area (Å²) in [6, 6.07) is 0. The SMILES string of the molecule is [Al+3].[CH2-]CCCCCCCCCCCCCCC.[CH2-]CCCCCCCCCCCCCCC.[CH2-]CCCCCCCCCCCCCCC. The molecule has 0 aromatic heterocycles. The zero-order valence-corrected chi connectivity index (χ0v) is 36.6. The minimum absolute atomic E-state index is 0. The van der Waals surface area contributed by atoms with Crippen molar-refractivity contribution in [2.45, 2.75) is 290 Å². The maximum absolute atomic E-state index is 3.87. The molecule has 0 spiro atoms. The van der Waals surface area contributed by atoms with Crippen molar-refractivity contribution in [1.82, 2.24) is 0 Å². The van der Waals surface area contributed by atoms with Crippen LogP contribution >= 0.6 is 0 Å². The van der Waals surface area contributed by atoms with E-state index in [2.05, 4.69) is 41.5 Å². The van der Waals surface area contributed by atoms with Crippen molar-refractivity contribution in [3.8, 4) is 0 Å². The van der Waals surface area contributed by atoms with Gasteiger partial charge in [-0.3, -0.25) is 0 Å². The van der Waals surface area contributed by atoms with Crippen LogP contribution in [0.2, 0.25) is 0 Å². The van der Waals surface area contributed by atoms with Gasteiger partial charge in [0, 0.05) is 0 Å². The van der Waals surface area contributed by atoms with Crippen LogP contribution < -0.4 is 0 Å². The fourth-order valence-corrected chi connectivity index (χ4v) is 6.58. The quantitative estimate of drug-likeness (QED) is 0.0340. The zero-order valence-electron chi connectivity index (χ0n) is 35.4. The van der Waals surface area contributed by atoms with Gasteiger partial charge in [0.1, 0.15) is 0 Å². The van der Waals surface area contributed by atoms with Crippen molar-refractivity contribution in [3.63, 3.8) is 0 Å². The summed E-state index contributed by atoms with van der Waals surface area (Å²) >= 11 is 0. The minimum Gasteiger partial charge on any atom is -0.343 e. The summed E-state index contributed by atoms with van der Waals surface area (Å²) in [4.78, 5) is 0. The molecule has 0 saturated carbocycles. The van der Waals surface area contributed by atoms with Gasteiger partial charge in [-0.25, -0.2) is 0 Å². The third kappa shape index (κ3) is 67.2. The summed E-state index contributed by atoms with van der Waals surface area (Å²) in [5.74, 6) is 0. The average Bonchev–Trinajstić information content (AvgIpc) is 3.10. The van der Waals surface area contributed by atoms with Crippen LogP contribution in [-0.4, -0.2) is 17.4 Å². The molecule has 0 rings (SSSR count). The van der Waals surface area contributed by atoms with E-state index < -0.39 is 0 Å². The zero-order chi connectivity index (χ0) is 35.7. The van der Waals surface area contributed by atoms with Gasteiger partial charge < -0.3 is 20.8 Å². The Kier molecular flexibility index (Phi) is 69.6. The second-order valence-electron chi connectivity index (χ2n) is 15.3. The van der Waals surface area contributed by atoms with Crippen molar-refractivity contribution in [1.29, 1.82) is 0 Å². The Hall–Kier alpha value is 0.532. The maximum atomic E-state index is 3.87. The van der Waals surface area contributed by atoms with Gasteiger partial charge in [-0.05, 0) is 0 Å². The van der Waals surface area contributed by atoms with Crippen LogP contribution in [0.3, 0.4) is 0 Å². The molecule has 294 valence electrons. The summed E-state index contributed by atoms with van der Waals surface area (Å²) in [5, 5.41) is 0. The van der Waals surface area contributed by atoms with Crippen LogP contribution in [-0.2, 0) is 0 Å². The fourth-order valence-electron chi connectivity index (χ4n) is 6.58. The first-order valence-electron chi connectivity index (χ1n) is 23.1. The van der Waals surface area contributed by atoms with E-state index in [9.17, 15) is 0 Å². The normalized spacial score (nSPS) is 10.7. The number of unbranched alkanes of at least 4 members (excludes halogenated alkanes) is 39. The molecule has 0 unspecified atom stereocenters. The molecular weight excluding hydrogens is 604 g/mol. The molecule has 0 radical (unpaired) electrons. The van der Waals surface area contributed by atoms with Crippen LogP contribution in [0.5, 0.6) is 0 Å². The van der Waals surface area contributed by atoms with E-state index in [-0.39, 0.29) is 17.4 Å². The Morgan fingerprint density at radius 2 is 0.286 bits per heavy atom. The first-order valence-corrected chi connectivity index (χ1v) is 23.1. The molecule has 0 aromatic rings. The molecule has 0 N–H and O–H groups in total. The van der Waals surface area contributed by atoms with Crippen LogP contribution in [0, 0.1) is 20.8 Å². The van der Waals surface area contributed by atoms with E-state index in [4.69, 9.17) is 0 Å². The number of hydrogen-bond donors (Lipinski definition) is 0. The van der Waals surface area contributed by atoms with E-state index in [0.717, 1.165) is 19.3 Å². The van der Waals surface area contributed by atoms with Crippen molar-refractivity contribution in [3.05, 3.63) is 20.8 Å². The van der Waals surface area contributed by atoms with Gasteiger partial charge in [-0.15, -0.1) is 0 Å². The van der Waals surface area contributed by atoms with Crippen LogP contribution in [0.4, 0.5) is 0 Å². The summed E-state index contributed by atoms with van der Waals surface area (Å²) in [6.07, 6.45) is 59.5. The molecular formula is C48H99Al. The maximum Gasteiger partial charge on any atom is 3.00 e. The molecule has 0 saturated heterocycles. The Morgan fingerprint density at radius 1 is 0.184 bits per heavy atom. The predicted octanol–water partition coefficient (Wildman–Crippen LogP) is 18.5. The first-order chi connectivity index (χ1) is 23.7. The molecule has 0 heterocycles.